The molecule has 23 heavy (non-hydrogen) atoms. The highest BCUT2D eigenvalue weighted by Gasteiger charge is 2.11. The van der Waals surface area contributed by atoms with Crippen LogP contribution in [0, 0.1) is 6.92 Å². The van der Waals surface area contributed by atoms with Gasteiger partial charge in [-0.25, -0.2) is 0 Å². The number of methoxy groups -OCH3 is 1. The van der Waals surface area contributed by atoms with Crippen molar-refractivity contribution in [1.29, 1.82) is 0 Å². The van der Waals surface area contributed by atoms with E-state index in [4.69, 9.17) is 10.5 Å². The van der Waals surface area contributed by atoms with Gasteiger partial charge in [0.1, 0.15) is 11.4 Å². The van der Waals surface area contributed by atoms with E-state index in [0.717, 1.165) is 11.1 Å². The van der Waals surface area contributed by atoms with Crippen LogP contribution in [0.1, 0.15) is 21.5 Å². The van der Waals surface area contributed by atoms with E-state index in [9.17, 15) is 9.59 Å². The minimum atomic E-state index is -0.707. The molecule has 118 valence electrons. The Labute approximate surface area is 134 Å². The van der Waals surface area contributed by atoms with Crippen LogP contribution in [-0.2, 0) is 4.79 Å². The minimum absolute atomic E-state index is 0.0285. The average Bonchev–Trinajstić information content (AvgIpc) is 2.55. The van der Waals surface area contributed by atoms with E-state index in [1.807, 2.05) is 19.1 Å². The van der Waals surface area contributed by atoms with Crippen molar-refractivity contribution in [3.63, 3.8) is 0 Å². The Morgan fingerprint density at radius 3 is 2.17 bits per heavy atom. The van der Waals surface area contributed by atoms with Crippen molar-refractivity contribution >= 4 is 17.9 Å². The zero-order chi connectivity index (χ0) is 16.8. The van der Waals surface area contributed by atoms with Crippen LogP contribution >= 0.6 is 0 Å². The lowest BCUT2D eigenvalue weighted by molar-refractivity contribution is -0.114. The van der Waals surface area contributed by atoms with Crippen molar-refractivity contribution in [2.45, 2.75) is 6.92 Å². The van der Waals surface area contributed by atoms with E-state index < -0.39 is 5.91 Å². The number of rotatable bonds is 5. The molecule has 0 radical (unpaired) electrons. The highest BCUT2D eigenvalue weighted by atomic mass is 16.5. The third kappa shape index (κ3) is 4.44. The second-order valence-corrected chi connectivity index (χ2v) is 5.02. The number of ether oxygens (including phenoxy) is 1. The van der Waals surface area contributed by atoms with Gasteiger partial charge in [0.2, 0.25) is 0 Å². The van der Waals surface area contributed by atoms with Crippen LogP contribution in [0.2, 0.25) is 0 Å². The third-order valence-electron chi connectivity index (χ3n) is 3.25. The summed E-state index contributed by atoms with van der Waals surface area (Å²) < 4.78 is 5.07. The molecule has 0 unspecified atom stereocenters. The third-order valence-corrected chi connectivity index (χ3v) is 3.25. The van der Waals surface area contributed by atoms with Crippen LogP contribution < -0.4 is 15.8 Å². The van der Waals surface area contributed by atoms with Gasteiger partial charge >= 0.3 is 0 Å². The summed E-state index contributed by atoms with van der Waals surface area (Å²) in [6.45, 7) is 1.93. The van der Waals surface area contributed by atoms with Crippen LogP contribution in [0.4, 0.5) is 0 Å². The number of hydrogen-bond acceptors (Lipinski definition) is 3. The number of nitrogens with one attached hydrogen (secondary N) is 1. The number of carbonyl (C=O) groups excluding carboxylic acids is 2. The molecule has 5 nitrogen and oxygen atoms in total. The fraction of sp³-hybridized carbons (Fsp3) is 0.111. The first-order valence-electron chi connectivity index (χ1n) is 7.03. The molecule has 0 bridgehead atoms. The van der Waals surface area contributed by atoms with E-state index in [1.165, 1.54) is 6.08 Å². The number of hydrogen-bond donors (Lipinski definition) is 2. The van der Waals surface area contributed by atoms with Gasteiger partial charge in [0.15, 0.2) is 0 Å². The zero-order valence-electron chi connectivity index (χ0n) is 13.0. The van der Waals surface area contributed by atoms with Crippen molar-refractivity contribution in [3.05, 3.63) is 70.9 Å². The van der Waals surface area contributed by atoms with Gasteiger partial charge in [0.05, 0.1) is 7.11 Å². The average molecular weight is 310 g/mol. The van der Waals surface area contributed by atoms with Crippen LogP contribution in [0.3, 0.4) is 0 Å². The Kier molecular flexibility index (Phi) is 5.15. The molecule has 2 amide bonds. The fourth-order valence-corrected chi connectivity index (χ4v) is 1.94. The second-order valence-electron chi connectivity index (χ2n) is 5.02. The molecule has 0 saturated heterocycles. The van der Waals surface area contributed by atoms with Gasteiger partial charge in [-0.05, 0) is 42.8 Å². The Balaban J connectivity index is 2.20. The molecular weight excluding hydrogens is 292 g/mol. The zero-order valence-corrected chi connectivity index (χ0v) is 13.0. The number of primary amides is 1. The smallest absolute Gasteiger partial charge is 0.265 e. The van der Waals surface area contributed by atoms with Gasteiger partial charge in [0.25, 0.3) is 11.8 Å². The molecule has 2 aromatic rings. The molecule has 0 aliphatic carbocycles. The largest absolute Gasteiger partial charge is 0.497 e. The van der Waals surface area contributed by atoms with Gasteiger partial charge in [-0.1, -0.05) is 29.8 Å². The minimum Gasteiger partial charge on any atom is -0.497 e. The van der Waals surface area contributed by atoms with Gasteiger partial charge in [0, 0.05) is 5.56 Å². The summed E-state index contributed by atoms with van der Waals surface area (Å²) in [5, 5.41) is 2.55. The molecule has 0 fully saturated rings. The molecule has 0 atom stereocenters. The Morgan fingerprint density at radius 1 is 1.04 bits per heavy atom. The summed E-state index contributed by atoms with van der Waals surface area (Å²) in [7, 11) is 1.57. The predicted molar refractivity (Wildman–Crippen MR) is 88.8 cm³/mol. The first-order chi connectivity index (χ1) is 11.0. The van der Waals surface area contributed by atoms with Crippen LogP contribution in [0.25, 0.3) is 6.08 Å². The highest BCUT2D eigenvalue weighted by molar-refractivity contribution is 6.04. The maximum atomic E-state index is 12.2. The normalized spacial score (nSPS) is 11.0. The maximum absolute atomic E-state index is 12.2. The number of amides is 2. The molecule has 0 saturated carbocycles. The highest BCUT2D eigenvalue weighted by Crippen LogP contribution is 2.13. The molecule has 2 rings (SSSR count). The van der Waals surface area contributed by atoms with Crippen molar-refractivity contribution < 1.29 is 14.3 Å². The quantitative estimate of drug-likeness (QED) is 0.831. The summed E-state index contributed by atoms with van der Waals surface area (Å²) in [4.78, 5) is 23.7. The van der Waals surface area contributed by atoms with E-state index >= 15 is 0 Å². The summed E-state index contributed by atoms with van der Waals surface area (Å²) >= 11 is 0. The van der Waals surface area contributed by atoms with Crippen LogP contribution in [0.15, 0.2) is 54.2 Å². The van der Waals surface area contributed by atoms with Crippen LogP contribution in [0.5, 0.6) is 5.75 Å². The summed E-state index contributed by atoms with van der Waals surface area (Å²) in [5.41, 5.74) is 7.60. The van der Waals surface area contributed by atoms with Crippen molar-refractivity contribution in [3.8, 4) is 5.75 Å². The number of carbonyl (C=O) groups is 2. The van der Waals surface area contributed by atoms with Crippen molar-refractivity contribution in [2.24, 2.45) is 5.73 Å². The predicted octanol–water partition coefficient (Wildman–Crippen LogP) is 2.26. The lowest BCUT2D eigenvalue weighted by Gasteiger charge is -2.08. The maximum Gasteiger partial charge on any atom is 0.265 e. The summed E-state index contributed by atoms with van der Waals surface area (Å²) in [5.74, 6) is -0.392. The Bertz CT molecular complexity index is 732. The fourth-order valence-electron chi connectivity index (χ4n) is 1.94. The molecule has 0 aromatic heterocycles. The van der Waals surface area contributed by atoms with Gasteiger partial charge in [-0.2, -0.15) is 0 Å². The number of benzene rings is 2. The lowest BCUT2D eigenvalue weighted by atomic mass is 10.1. The SMILES string of the molecule is COc1ccc(/C=C(/NC(=O)c2ccc(C)cc2)C(N)=O)cc1. The lowest BCUT2D eigenvalue weighted by Crippen LogP contribution is -2.31. The molecule has 0 aliphatic heterocycles. The Hall–Kier alpha value is -3.08. The molecular formula is C18H18N2O3. The van der Waals surface area contributed by atoms with Crippen LogP contribution in [-0.4, -0.2) is 18.9 Å². The van der Waals surface area contributed by atoms with Gasteiger partial charge in [-0.15, -0.1) is 0 Å². The number of nitrogens with two attached hydrogens (primary N) is 1. The van der Waals surface area contributed by atoms with Gasteiger partial charge in [-0.3, -0.25) is 9.59 Å². The second kappa shape index (κ2) is 7.26. The molecule has 0 spiro atoms. The van der Waals surface area contributed by atoms with E-state index in [-0.39, 0.29) is 11.6 Å². The monoisotopic (exact) mass is 310 g/mol. The van der Waals surface area contributed by atoms with Crippen molar-refractivity contribution in [2.75, 3.05) is 7.11 Å². The standard InChI is InChI=1S/C18H18N2O3/c1-12-3-7-14(8-4-12)18(22)20-16(17(19)21)11-13-5-9-15(23-2)10-6-13/h3-11H,1-2H3,(H2,19,21)(H,20,22)/b16-11+. The van der Waals surface area contributed by atoms with E-state index in [1.54, 1.807) is 43.5 Å². The molecule has 0 aliphatic rings. The first-order valence-corrected chi connectivity index (χ1v) is 7.03. The molecule has 3 N–H and O–H groups in total. The molecule has 0 heterocycles. The van der Waals surface area contributed by atoms with Gasteiger partial charge < -0.3 is 15.8 Å². The Morgan fingerprint density at radius 2 is 1.65 bits per heavy atom. The van der Waals surface area contributed by atoms with Crippen molar-refractivity contribution in [1.82, 2.24) is 5.32 Å². The molecule has 2 aromatic carbocycles. The summed E-state index contributed by atoms with van der Waals surface area (Å²) in [6, 6.07) is 14.1. The first kappa shape index (κ1) is 16.3. The molecule has 5 heteroatoms. The topological polar surface area (TPSA) is 81.4 Å². The van der Waals surface area contributed by atoms with E-state index in [0.29, 0.717) is 11.3 Å². The van der Waals surface area contributed by atoms with E-state index in [2.05, 4.69) is 5.32 Å². The summed E-state index contributed by atoms with van der Waals surface area (Å²) in [6.07, 6.45) is 1.52. The number of aryl methyl sites for hydroxylation is 1.